The molecule has 4 atom stereocenters. The van der Waals surface area contributed by atoms with E-state index in [0.29, 0.717) is 25.9 Å². The summed E-state index contributed by atoms with van der Waals surface area (Å²) in [4.78, 5) is 75.7. The number of likely N-dealkylation sites (tertiary alicyclic amines) is 2. The van der Waals surface area contributed by atoms with Crippen LogP contribution in [0.3, 0.4) is 0 Å². The molecule has 386 valence electrons. The quantitative estimate of drug-likeness (QED) is 0.0806. The first-order chi connectivity index (χ1) is 36.3. The summed E-state index contributed by atoms with van der Waals surface area (Å²) in [6.45, 7) is 9.31. The van der Waals surface area contributed by atoms with Crippen LogP contribution in [0, 0.1) is 0 Å². The van der Waals surface area contributed by atoms with Gasteiger partial charge in [-0.1, -0.05) is 109 Å². The topological polar surface area (TPSA) is 150 Å². The van der Waals surface area contributed by atoms with Gasteiger partial charge >= 0.3 is 0 Å². The third-order valence-electron chi connectivity index (χ3n) is 14.7. The average Bonchev–Trinajstić information content (AvgIpc) is 4.31. The van der Waals surface area contributed by atoms with Gasteiger partial charge in [-0.15, -0.1) is 22.7 Å². The average molecular weight is 1040 g/mol. The first-order valence-electron chi connectivity index (χ1n) is 26.4. The molecule has 0 radical (unpaired) electrons. The second-order valence-corrected chi connectivity index (χ2v) is 21.7. The van der Waals surface area contributed by atoms with Crippen LogP contribution in [0.25, 0.3) is 32.0 Å². The zero-order valence-electron chi connectivity index (χ0n) is 41.9. The maximum atomic E-state index is 14.4. The van der Waals surface area contributed by atoms with E-state index in [2.05, 4.69) is 69.0 Å². The highest BCUT2D eigenvalue weighted by atomic mass is 32.1. The highest BCUT2D eigenvalue weighted by Gasteiger charge is 2.38. The van der Waals surface area contributed by atoms with Gasteiger partial charge < -0.3 is 29.9 Å². The van der Waals surface area contributed by atoms with Crippen molar-refractivity contribution in [1.82, 2.24) is 40.2 Å². The number of nitrogens with one attached hydrogen (secondary N) is 2. The molecule has 0 saturated carbocycles. The Morgan fingerprint density at radius 1 is 0.514 bits per heavy atom. The molecule has 10 rings (SSSR count). The van der Waals surface area contributed by atoms with Crippen LogP contribution in [0.2, 0.25) is 0 Å². The van der Waals surface area contributed by atoms with Crippen molar-refractivity contribution in [3.8, 4) is 32.0 Å². The Balaban J connectivity index is 0.755. The fraction of sp³-hybridized carbons (Fsp3) is 0.414. The van der Waals surface area contributed by atoms with Crippen molar-refractivity contribution in [3.05, 3.63) is 143 Å². The number of hydrogen-bond donors (Lipinski definition) is 2. The lowest BCUT2D eigenvalue weighted by atomic mass is 10.0. The molecular weight excluding hydrogens is 969 g/mol. The summed E-state index contributed by atoms with van der Waals surface area (Å²) in [6.07, 6.45) is 9.35. The van der Waals surface area contributed by atoms with Gasteiger partial charge in [0.15, 0.2) is 0 Å². The molecule has 2 N–H and O–H groups in total. The van der Waals surface area contributed by atoms with Crippen molar-refractivity contribution in [2.45, 2.75) is 75.5 Å². The summed E-state index contributed by atoms with van der Waals surface area (Å²) < 4.78 is 10.9. The third kappa shape index (κ3) is 12.7. The number of hydrogen-bond acceptors (Lipinski definition) is 12. The van der Waals surface area contributed by atoms with Gasteiger partial charge in [0.2, 0.25) is 23.6 Å². The van der Waals surface area contributed by atoms with E-state index >= 15 is 0 Å². The van der Waals surface area contributed by atoms with Crippen LogP contribution in [0.15, 0.2) is 122 Å². The Bertz CT molecular complexity index is 2610. The van der Waals surface area contributed by atoms with Crippen molar-refractivity contribution >= 4 is 46.3 Å². The van der Waals surface area contributed by atoms with Gasteiger partial charge in [-0.3, -0.25) is 29.0 Å². The molecule has 74 heavy (non-hydrogen) atoms. The number of aromatic nitrogens is 2. The highest BCUT2D eigenvalue weighted by Crippen LogP contribution is 2.41. The number of carbonyl (C=O) groups is 4. The number of carbonyl (C=O) groups excluding carboxylic acids is 4. The van der Waals surface area contributed by atoms with Crippen LogP contribution >= 0.6 is 22.7 Å². The van der Waals surface area contributed by atoms with Crippen molar-refractivity contribution in [2.75, 3.05) is 78.8 Å². The number of morpholine rings is 2. The minimum Gasteiger partial charge on any atom is -0.379 e. The van der Waals surface area contributed by atoms with E-state index in [1.54, 1.807) is 22.7 Å². The van der Waals surface area contributed by atoms with E-state index < -0.39 is 12.1 Å². The van der Waals surface area contributed by atoms with Gasteiger partial charge in [-0.2, -0.15) is 0 Å². The zero-order chi connectivity index (χ0) is 50.6. The smallest absolute Gasteiger partial charge is 0.250 e. The Labute approximate surface area is 442 Å². The molecule has 14 nitrogen and oxygen atoms in total. The predicted octanol–water partition coefficient (Wildman–Crippen LogP) is 8.87. The molecule has 4 aliphatic rings. The molecule has 0 aliphatic carbocycles. The SMILES string of the molecule is O=C(CCCN1CCOCC1)N[C@@H](C(=O)N1CCC[C@H]1c1ncc(-c2ccc(-c3ccc(-c4cnc([C@@H]5CCCN5C(=O)[C@H](NC(=O)CCCN5CCOCC5)c5ccccc5)s4)cc3)cc2)s1)c1ccccc1. The molecule has 4 fully saturated rings. The summed E-state index contributed by atoms with van der Waals surface area (Å²) in [5, 5.41) is 8.01. The molecule has 6 aromatic rings. The minimum atomic E-state index is -0.768. The summed E-state index contributed by atoms with van der Waals surface area (Å²) in [5.74, 6) is -0.437. The number of nitrogens with zero attached hydrogens (tertiary/aromatic N) is 6. The van der Waals surface area contributed by atoms with Gasteiger partial charge in [0.25, 0.3) is 0 Å². The van der Waals surface area contributed by atoms with Gasteiger partial charge in [0.1, 0.15) is 22.1 Å². The number of amides is 4. The zero-order valence-corrected chi connectivity index (χ0v) is 43.6. The van der Waals surface area contributed by atoms with Crippen LogP contribution < -0.4 is 10.6 Å². The summed E-state index contributed by atoms with van der Waals surface area (Å²) in [7, 11) is 0. The van der Waals surface area contributed by atoms with Gasteiger partial charge in [-0.05, 0) is 85.0 Å². The fourth-order valence-corrected chi connectivity index (χ4v) is 12.8. The van der Waals surface area contributed by atoms with Crippen LogP contribution in [-0.4, -0.2) is 132 Å². The lowest BCUT2D eigenvalue weighted by molar-refractivity contribution is -0.137. The van der Waals surface area contributed by atoms with Gasteiger partial charge in [0.05, 0.1) is 48.3 Å². The molecular formula is C58H66N8O6S2. The summed E-state index contributed by atoms with van der Waals surface area (Å²) in [5.41, 5.74) is 5.86. The lowest BCUT2D eigenvalue weighted by Gasteiger charge is -2.29. The molecule has 4 aromatic carbocycles. The summed E-state index contributed by atoms with van der Waals surface area (Å²) >= 11 is 3.24. The maximum absolute atomic E-state index is 14.4. The Morgan fingerprint density at radius 3 is 1.28 bits per heavy atom. The van der Waals surface area contributed by atoms with Crippen LogP contribution in [0.4, 0.5) is 0 Å². The van der Waals surface area contributed by atoms with Crippen molar-refractivity contribution in [1.29, 1.82) is 0 Å². The molecule has 4 saturated heterocycles. The van der Waals surface area contributed by atoms with E-state index in [1.165, 1.54) is 0 Å². The molecule has 4 aliphatic heterocycles. The molecule has 2 aromatic heterocycles. The number of thiazole rings is 2. The number of benzene rings is 4. The monoisotopic (exact) mass is 1030 g/mol. The van der Waals surface area contributed by atoms with Crippen molar-refractivity contribution in [2.24, 2.45) is 0 Å². The van der Waals surface area contributed by atoms with E-state index in [4.69, 9.17) is 19.4 Å². The first kappa shape index (κ1) is 51.4. The van der Waals surface area contributed by atoms with E-state index in [0.717, 1.165) is 157 Å². The Hall–Kier alpha value is -6.14. The van der Waals surface area contributed by atoms with Gasteiger partial charge in [0, 0.05) is 64.5 Å². The molecule has 0 bridgehead atoms. The molecule has 6 heterocycles. The number of ether oxygens (including phenoxy) is 2. The second-order valence-electron chi connectivity index (χ2n) is 19.6. The van der Waals surface area contributed by atoms with Crippen LogP contribution in [0.1, 0.15) is 96.7 Å². The largest absolute Gasteiger partial charge is 0.379 e. The molecule has 16 heteroatoms. The van der Waals surface area contributed by atoms with E-state index in [-0.39, 0.29) is 35.7 Å². The predicted molar refractivity (Wildman–Crippen MR) is 289 cm³/mol. The number of rotatable bonds is 19. The van der Waals surface area contributed by atoms with E-state index in [9.17, 15) is 19.2 Å². The lowest BCUT2D eigenvalue weighted by Crippen LogP contribution is -2.43. The standard InChI is InChI=1S/C58H66N8O6S2/c67-51(17-9-27-63-31-35-71-36-32-63)61-53(45-11-3-1-4-12-45)57(69)65-29-7-15-47(65)55-59-39-49(73-55)43-23-19-41(20-24-43)42-21-25-44(26-22-42)50-40-60-56(74-50)48-16-8-30-66(48)58(70)54(46-13-5-2-6-14-46)62-52(68)18-10-28-64-33-37-72-38-34-64/h1-6,11-14,19-26,39-40,47-48,53-54H,7-10,15-18,27-38H2,(H,61,67)(H,62,68)/t47-,48-,53+,54+/m0/s1. The first-order valence-corrected chi connectivity index (χ1v) is 28.0. The Kier molecular flexibility index (Phi) is 17.3. The second kappa shape index (κ2) is 24.9. The molecule has 0 spiro atoms. The molecule has 0 unspecified atom stereocenters. The van der Waals surface area contributed by atoms with Gasteiger partial charge in [-0.25, -0.2) is 9.97 Å². The van der Waals surface area contributed by atoms with Crippen LogP contribution in [-0.2, 0) is 28.7 Å². The molecule has 4 amide bonds. The highest BCUT2D eigenvalue weighted by molar-refractivity contribution is 7.15. The van der Waals surface area contributed by atoms with Crippen molar-refractivity contribution in [3.63, 3.8) is 0 Å². The Morgan fingerprint density at radius 2 is 0.892 bits per heavy atom. The summed E-state index contributed by atoms with van der Waals surface area (Å²) in [6, 6.07) is 34.3. The van der Waals surface area contributed by atoms with Crippen molar-refractivity contribution < 1.29 is 28.7 Å². The normalized spacial score (nSPS) is 19.3. The minimum absolute atomic E-state index is 0.0998. The van der Waals surface area contributed by atoms with Crippen LogP contribution in [0.5, 0.6) is 0 Å². The van der Waals surface area contributed by atoms with E-state index in [1.807, 2.05) is 82.9 Å². The maximum Gasteiger partial charge on any atom is 0.250 e. The fourth-order valence-electron chi connectivity index (χ4n) is 10.6. The third-order valence-corrected chi connectivity index (χ3v) is 17.0.